The SMILES string of the molecule is CNc1ccc(CN(Cc2ccccc2)CC2CCC(CN)CC2)cc1. The number of hydrogen-bond acceptors (Lipinski definition) is 3. The minimum absolute atomic E-state index is 0.753. The molecule has 0 aliphatic heterocycles. The second-order valence-corrected chi connectivity index (χ2v) is 7.72. The van der Waals surface area contributed by atoms with Crippen LogP contribution in [-0.4, -0.2) is 25.0 Å². The highest BCUT2D eigenvalue weighted by Gasteiger charge is 2.22. The zero-order valence-electron chi connectivity index (χ0n) is 16.0. The van der Waals surface area contributed by atoms with Gasteiger partial charge in [0.1, 0.15) is 0 Å². The van der Waals surface area contributed by atoms with Gasteiger partial charge in [-0.3, -0.25) is 4.90 Å². The van der Waals surface area contributed by atoms with E-state index in [2.05, 4.69) is 64.8 Å². The average molecular weight is 352 g/mol. The Morgan fingerprint density at radius 3 is 2.00 bits per heavy atom. The summed E-state index contributed by atoms with van der Waals surface area (Å²) in [5.74, 6) is 1.56. The Morgan fingerprint density at radius 2 is 1.42 bits per heavy atom. The summed E-state index contributed by atoms with van der Waals surface area (Å²) >= 11 is 0. The fourth-order valence-electron chi connectivity index (χ4n) is 4.08. The van der Waals surface area contributed by atoms with Crippen molar-refractivity contribution < 1.29 is 0 Å². The predicted molar refractivity (Wildman–Crippen MR) is 111 cm³/mol. The Kier molecular flexibility index (Phi) is 7.10. The van der Waals surface area contributed by atoms with E-state index in [1.54, 1.807) is 0 Å². The fourth-order valence-corrected chi connectivity index (χ4v) is 4.08. The first-order valence-corrected chi connectivity index (χ1v) is 10.00. The molecule has 0 bridgehead atoms. The van der Waals surface area contributed by atoms with E-state index >= 15 is 0 Å². The molecule has 0 radical (unpaired) electrons. The van der Waals surface area contributed by atoms with Gasteiger partial charge in [-0.05, 0) is 67.3 Å². The van der Waals surface area contributed by atoms with Gasteiger partial charge >= 0.3 is 0 Å². The van der Waals surface area contributed by atoms with Crippen molar-refractivity contribution in [3.05, 3.63) is 65.7 Å². The first kappa shape index (κ1) is 18.9. The van der Waals surface area contributed by atoms with Crippen LogP contribution in [0.4, 0.5) is 5.69 Å². The summed E-state index contributed by atoms with van der Waals surface area (Å²) in [6.07, 6.45) is 5.26. The van der Waals surface area contributed by atoms with Crippen molar-refractivity contribution >= 4 is 5.69 Å². The van der Waals surface area contributed by atoms with Crippen LogP contribution in [0.3, 0.4) is 0 Å². The summed E-state index contributed by atoms with van der Waals surface area (Å²) in [7, 11) is 1.97. The Labute approximate surface area is 158 Å². The molecule has 26 heavy (non-hydrogen) atoms. The van der Waals surface area contributed by atoms with Crippen molar-refractivity contribution in [1.29, 1.82) is 0 Å². The Balaban J connectivity index is 1.64. The molecule has 3 nitrogen and oxygen atoms in total. The molecule has 1 aliphatic carbocycles. The van der Waals surface area contributed by atoms with Crippen molar-refractivity contribution in [2.45, 2.75) is 38.8 Å². The molecule has 2 aromatic rings. The zero-order chi connectivity index (χ0) is 18.2. The molecular formula is C23H33N3. The van der Waals surface area contributed by atoms with E-state index in [0.717, 1.165) is 31.5 Å². The highest BCUT2D eigenvalue weighted by Crippen LogP contribution is 2.29. The lowest BCUT2D eigenvalue weighted by atomic mass is 9.82. The third-order valence-electron chi connectivity index (χ3n) is 5.71. The predicted octanol–water partition coefficient (Wildman–Crippen LogP) is 4.50. The van der Waals surface area contributed by atoms with Crippen molar-refractivity contribution in [1.82, 2.24) is 4.90 Å². The van der Waals surface area contributed by atoms with Gasteiger partial charge in [-0.2, -0.15) is 0 Å². The van der Waals surface area contributed by atoms with Gasteiger partial charge < -0.3 is 11.1 Å². The molecule has 0 amide bonds. The number of benzene rings is 2. The van der Waals surface area contributed by atoms with Crippen LogP contribution in [0.2, 0.25) is 0 Å². The minimum atomic E-state index is 0.753. The lowest BCUT2D eigenvalue weighted by Gasteiger charge is -2.32. The summed E-state index contributed by atoms with van der Waals surface area (Å²) in [5, 5.41) is 3.20. The lowest BCUT2D eigenvalue weighted by Crippen LogP contribution is -2.32. The molecule has 0 heterocycles. The molecule has 1 saturated carbocycles. The fraction of sp³-hybridized carbons (Fsp3) is 0.478. The van der Waals surface area contributed by atoms with E-state index < -0.39 is 0 Å². The Bertz CT molecular complexity index is 630. The number of hydrogen-bond donors (Lipinski definition) is 2. The molecule has 3 heteroatoms. The standard InChI is InChI=1S/C23H33N3/c1-25-23-13-11-22(12-14-23)18-26(16-20-5-3-2-4-6-20)17-21-9-7-19(15-24)8-10-21/h2-6,11-14,19,21,25H,7-10,15-18,24H2,1H3. The minimum Gasteiger partial charge on any atom is -0.388 e. The van der Waals surface area contributed by atoms with Gasteiger partial charge in [-0.25, -0.2) is 0 Å². The molecular weight excluding hydrogens is 318 g/mol. The van der Waals surface area contributed by atoms with Crippen LogP contribution >= 0.6 is 0 Å². The second kappa shape index (κ2) is 9.75. The van der Waals surface area contributed by atoms with Gasteiger partial charge in [0, 0.05) is 32.4 Å². The summed E-state index contributed by atoms with van der Waals surface area (Å²) < 4.78 is 0. The maximum absolute atomic E-state index is 5.86. The first-order chi connectivity index (χ1) is 12.8. The number of nitrogens with zero attached hydrogens (tertiary/aromatic N) is 1. The van der Waals surface area contributed by atoms with Crippen LogP contribution in [0.25, 0.3) is 0 Å². The molecule has 3 N–H and O–H groups in total. The molecule has 0 aromatic heterocycles. The van der Waals surface area contributed by atoms with Crippen molar-refractivity contribution in [3.63, 3.8) is 0 Å². The van der Waals surface area contributed by atoms with Crippen molar-refractivity contribution in [2.75, 3.05) is 25.5 Å². The third-order valence-corrected chi connectivity index (χ3v) is 5.71. The van der Waals surface area contributed by atoms with Crippen LogP contribution in [0.5, 0.6) is 0 Å². The van der Waals surface area contributed by atoms with E-state index in [4.69, 9.17) is 5.73 Å². The highest BCUT2D eigenvalue weighted by atomic mass is 15.1. The van der Waals surface area contributed by atoms with Gasteiger partial charge in [0.25, 0.3) is 0 Å². The van der Waals surface area contributed by atoms with E-state index in [9.17, 15) is 0 Å². The smallest absolute Gasteiger partial charge is 0.0337 e. The molecule has 0 spiro atoms. The molecule has 0 saturated heterocycles. The van der Waals surface area contributed by atoms with Gasteiger partial charge in [0.15, 0.2) is 0 Å². The molecule has 1 aliphatic rings. The van der Waals surface area contributed by atoms with Gasteiger partial charge in [0.05, 0.1) is 0 Å². The Hall–Kier alpha value is -1.84. The van der Waals surface area contributed by atoms with E-state index in [1.165, 1.54) is 49.0 Å². The summed E-state index contributed by atoms with van der Waals surface area (Å²) in [6.45, 7) is 4.07. The molecule has 0 unspecified atom stereocenters. The first-order valence-electron chi connectivity index (χ1n) is 10.00. The van der Waals surface area contributed by atoms with E-state index in [1.807, 2.05) is 7.05 Å². The maximum atomic E-state index is 5.86. The number of anilines is 1. The number of nitrogens with one attached hydrogen (secondary N) is 1. The van der Waals surface area contributed by atoms with Gasteiger partial charge in [0.2, 0.25) is 0 Å². The molecule has 0 atom stereocenters. The largest absolute Gasteiger partial charge is 0.388 e. The topological polar surface area (TPSA) is 41.3 Å². The average Bonchev–Trinajstić information content (AvgIpc) is 2.70. The molecule has 2 aromatic carbocycles. The Morgan fingerprint density at radius 1 is 0.846 bits per heavy atom. The maximum Gasteiger partial charge on any atom is 0.0337 e. The quantitative estimate of drug-likeness (QED) is 0.736. The van der Waals surface area contributed by atoms with Crippen molar-refractivity contribution in [3.8, 4) is 0 Å². The normalized spacial score (nSPS) is 20.3. The van der Waals surface area contributed by atoms with Gasteiger partial charge in [-0.1, -0.05) is 42.5 Å². The third kappa shape index (κ3) is 5.58. The number of nitrogens with two attached hydrogens (primary N) is 1. The summed E-state index contributed by atoms with van der Waals surface area (Å²) in [4.78, 5) is 2.62. The number of rotatable bonds is 8. The van der Waals surface area contributed by atoms with Crippen LogP contribution in [0.15, 0.2) is 54.6 Å². The molecule has 3 rings (SSSR count). The monoisotopic (exact) mass is 351 g/mol. The van der Waals surface area contributed by atoms with Crippen LogP contribution in [0, 0.1) is 11.8 Å². The van der Waals surface area contributed by atoms with Gasteiger partial charge in [-0.15, -0.1) is 0 Å². The lowest BCUT2D eigenvalue weighted by molar-refractivity contribution is 0.170. The highest BCUT2D eigenvalue weighted by molar-refractivity contribution is 5.43. The molecule has 140 valence electrons. The van der Waals surface area contributed by atoms with Crippen molar-refractivity contribution in [2.24, 2.45) is 17.6 Å². The van der Waals surface area contributed by atoms with E-state index in [0.29, 0.717) is 0 Å². The van der Waals surface area contributed by atoms with E-state index in [-0.39, 0.29) is 0 Å². The summed E-state index contributed by atoms with van der Waals surface area (Å²) in [6, 6.07) is 19.7. The van der Waals surface area contributed by atoms with Crippen LogP contribution in [-0.2, 0) is 13.1 Å². The molecule has 1 fully saturated rings. The summed E-state index contributed by atoms with van der Waals surface area (Å²) in [5.41, 5.74) is 9.82. The zero-order valence-corrected chi connectivity index (χ0v) is 16.0. The van der Waals surface area contributed by atoms with Crippen LogP contribution < -0.4 is 11.1 Å². The second-order valence-electron chi connectivity index (χ2n) is 7.72. The van der Waals surface area contributed by atoms with Crippen LogP contribution in [0.1, 0.15) is 36.8 Å².